The zero-order chi connectivity index (χ0) is 30.5. The molecule has 0 saturated heterocycles. The van der Waals surface area contributed by atoms with Gasteiger partial charge < -0.3 is 0 Å². The van der Waals surface area contributed by atoms with Crippen molar-refractivity contribution in [2.45, 2.75) is 0 Å². The van der Waals surface area contributed by atoms with Crippen LogP contribution >= 0.6 is 0 Å². The van der Waals surface area contributed by atoms with Gasteiger partial charge in [0, 0.05) is 35.7 Å². The fourth-order valence-corrected chi connectivity index (χ4v) is 6.03. The number of halogens is 2. The lowest BCUT2D eigenvalue weighted by Gasteiger charge is -2.09. The van der Waals surface area contributed by atoms with E-state index >= 15 is 0 Å². The summed E-state index contributed by atoms with van der Waals surface area (Å²) in [5.41, 5.74) is 8.94. The summed E-state index contributed by atoms with van der Waals surface area (Å²) < 4.78 is 27.9. The van der Waals surface area contributed by atoms with Crippen molar-refractivity contribution in [1.82, 2.24) is 9.97 Å². The Hall–Kier alpha value is -6.74. The van der Waals surface area contributed by atoms with Crippen LogP contribution in [0.4, 0.5) is 8.78 Å². The first-order chi connectivity index (χ1) is 21.4. The number of nitriles is 2. The minimum absolute atomic E-state index is 0.0917. The van der Waals surface area contributed by atoms with Gasteiger partial charge in [0.2, 0.25) is 11.9 Å². The van der Waals surface area contributed by atoms with Gasteiger partial charge in [-0.15, -0.1) is 0 Å². The van der Waals surface area contributed by atoms with Crippen molar-refractivity contribution in [1.29, 1.82) is 10.5 Å². The molecule has 0 spiro atoms. The first kappa shape index (κ1) is 26.2. The Morgan fingerprint density at radius 3 is 1.27 bits per heavy atom. The maximum Gasteiger partial charge on any atom is 0.270 e. The van der Waals surface area contributed by atoms with Crippen LogP contribution in [0.25, 0.3) is 65.3 Å². The van der Waals surface area contributed by atoms with E-state index in [2.05, 4.69) is 19.7 Å². The Balaban J connectivity index is 1.49. The molecule has 0 bridgehead atoms. The number of allylic oxidation sites excluding steroid dienone is 2. The molecule has 0 fully saturated rings. The summed E-state index contributed by atoms with van der Waals surface area (Å²) in [6.07, 6.45) is 2.75. The van der Waals surface area contributed by atoms with Crippen molar-refractivity contribution in [2.75, 3.05) is 0 Å². The van der Waals surface area contributed by atoms with Gasteiger partial charge in [-0.25, -0.2) is 30.2 Å². The van der Waals surface area contributed by atoms with Crippen molar-refractivity contribution >= 4 is 11.1 Å². The van der Waals surface area contributed by atoms with Crippen LogP contribution in [-0.2, 0) is 0 Å². The maximum atomic E-state index is 13.9. The molecule has 0 unspecified atom stereocenters. The van der Waals surface area contributed by atoms with Crippen LogP contribution in [0.2, 0.25) is 0 Å². The second-order valence-electron chi connectivity index (χ2n) is 10.1. The average Bonchev–Trinajstić information content (AvgIpc) is 3.53. The third-order valence-corrected chi connectivity index (χ3v) is 7.88. The summed E-state index contributed by atoms with van der Waals surface area (Å²) in [5, 5.41) is 19.9. The second kappa shape index (κ2) is 9.97. The molecule has 44 heavy (non-hydrogen) atoms. The van der Waals surface area contributed by atoms with E-state index in [1.165, 1.54) is 24.5 Å². The van der Waals surface area contributed by atoms with Gasteiger partial charge in [-0.05, 0) is 103 Å². The fourth-order valence-electron chi connectivity index (χ4n) is 6.03. The quantitative estimate of drug-likeness (QED) is 0.119. The van der Waals surface area contributed by atoms with Crippen LogP contribution in [0.15, 0.2) is 96.6 Å². The van der Waals surface area contributed by atoms with Crippen molar-refractivity contribution in [3.8, 4) is 56.6 Å². The van der Waals surface area contributed by atoms with Crippen LogP contribution in [0.5, 0.6) is 0 Å². The summed E-state index contributed by atoms with van der Waals surface area (Å²) in [6, 6.07) is 24.9. The van der Waals surface area contributed by atoms with Crippen LogP contribution in [0.1, 0.15) is 22.3 Å². The molecule has 6 nitrogen and oxygen atoms in total. The van der Waals surface area contributed by atoms with E-state index < -0.39 is 11.9 Å². The summed E-state index contributed by atoms with van der Waals surface area (Å²) in [7, 11) is 0. The average molecular weight is 569 g/mol. The summed E-state index contributed by atoms with van der Waals surface area (Å²) >= 11 is 0. The van der Waals surface area contributed by atoms with Gasteiger partial charge in [-0.3, -0.25) is 0 Å². The molecule has 0 atom stereocenters. The summed E-state index contributed by atoms with van der Waals surface area (Å²) in [5.74, 6) is -1.25. The highest BCUT2D eigenvalue weighted by atomic mass is 19.1. The van der Waals surface area contributed by atoms with Gasteiger partial charge in [-0.2, -0.15) is 8.78 Å². The number of hydrogen-bond acceptors (Lipinski definition) is 4. The largest absolute Gasteiger partial charge is 0.270 e. The highest BCUT2D eigenvalue weighted by Crippen LogP contribution is 2.54. The van der Waals surface area contributed by atoms with E-state index in [0.29, 0.717) is 55.7 Å². The minimum atomic E-state index is -0.624. The molecule has 2 aromatic heterocycles. The van der Waals surface area contributed by atoms with Gasteiger partial charge in [0.1, 0.15) is 0 Å². The van der Waals surface area contributed by atoms with E-state index in [1.807, 2.05) is 60.7 Å². The Morgan fingerprint density at radius 1 is 0.523 bits per heavy atom. The molecular formula is C36H14F2N6. The zero-order valence-electron chi connectivity index (χ0n) is 22.5. The predicted octanol–water partition coefficient (Wildman–Crippen LogP) is 8.45. The molecule has 7 rings (SSSR count). The first-order valence-corrected chi connectivity index (χ1v) is 13.2. The minimum Gasteiger partial charge on any atom is -0.228 e. The lowest BCUT2D eigenvalue weighted by molar-refractivity contribution is 0.584. The molecule has 202 valence electrons. The molecule has 3 aromatic carbocycles. The lowest BCUT2D eigenvalue weighted by atomic mass is 9.95. The van der Waals surface area contributed by atoms with Gasteiger partial charge in [0.15, 0.2) is 0 Å². The monoisotopic (exact) mass is 568 g/mol. The van der Waals surface area contributed by atoms with Crippen LogP contribution in [0.3, 0.4) is 0 Å². The highest BCUT2D eigenvalue weighted by molar-refractivity contribution is 6.11. The van der Waals surface area contributed by atoms with Gasteiger partial charge >= 0.3 is 0 Å². The van der Waals surface area contributed by atoms with Gasteiger partial charge in [0.25, 0.3) is 11.4 Å². The summed E-state index contributed by atoms with van der Waals surface area (Å²) in [6.45, 7) is 15.5. The van der Waals surface area contributed by atoms with Crippen molar-refractivity contribution in [3.05, 3.63) is 154 Å². The Labute approximate surface area is 250 Å². The molecule has 2 aliphatic carbocycles. The lowest BCUT2D eigenvalue weighted by Crippen LogP contribution is -1.90. The number of aromatic nitrogens is 2. The van der Waals surface area contributed by atoms with Crippen LogP contribution < -0.4 is 0 Å². The summed E-state index contributed by atoms with van der Waals surface area (Å²) in [4.78, 5) is 14.3. The SMILES string of the molecule is [C-]#[N+]C(C#N)=C1c2cc(-c3ccnc(F)c3)ccc2-c2cc3c(cc21)-c1ccc(-c2ccnc(F)c2)cc1C3=C(C#N)[N+]#[C-]. The molecule has 0 saturated carbocycles. The van der Waals surface area contributed by atoms with Crippen molar-refractivity contribution in [2.24, 2.45) is 0 Å². The van der Waals surface area contributed by atoms with E-state index in [-0.39, 0.29) is 11.4 Å². The number of nitrogens with zero attached hydrogens (tertiary/aromatic N) is 6. The zero-order valence-corrected chi connectivity index (χ0v) is 22.5. The third-order valence-electron chi connectivity index (χ3n) is 7.88. The molecule has 0 radical (unpaired) electrons. The fraction of sp³-hybridized carbons (Fsp3) is 0. The van der Waals surface area contributed by atoms with Gasteiger partial charge in [0.05, 0.1) is 25.3 Å². The Bertz CT molecular complexity index is 2160. The maximum absolute atomic E-state index is 13.9. The van der Waals surface area contributed by atoms with Crippen LogP contribution in [-0.4, -0.2) is 9.97 Å². The molecular weight excluding hydrogens is 554 g/mol. The Morgan fingerprint density at radius 2 is 0.909 bits per heavy atom. The predicted molar refractivity (Wildman–Crippen MR) is 160 cm³/mol. The van der Waals surface area contributed by atoms with Crippen molar-refractivity contribution in [3.63, 3.8) is 0 Å². The highest BCUT2D eigenvalue weighted by Gasteiger charge is 2.33. The molecule has 2 aliphatic rings. The number of pyridine rings is 2. The van der Waals surface area contributed by atoms with E-state index in [0.717, 1.165) is 22.3 Å². The number of rotatable bonds is 2. The molecule has 0 aliphatic heterocycles. The third kappa shape index (κ3) is 3.88. The van der Waals surface area contributed by atoms with E-state index in [1.54, 1.807) is 12.1 Å². The normalized spacial score (nSPS) is 14.1. The number of fused-ring (bicyclic) bond motifs is 6. The smallest absolute Gasteiger partial charge is 0.228 e. The van der Waals surface area contributed by atoms with E-state index in [4.69, 9.17) is 13.1 Å². The second-order valence-corrected chi connectivity index (χ2v) is 10.1. The number of benzene rings is 3. The van der Waals surface area contributed by atoms with Gasteiger partial charge in [-0.1, -0.05) is 24.3 Å². The van der Waals surface area contributed by atoms with Crippen molar-refractivity contribution < 1.29 is 8.78 Å². The number of hydrogen-bond donors (Lipinski definition) is 0. The van der Waals surface area contributed by atoms with E-state index in [9.17, 15) is 19.3 Å². The molecule has 8 heteroatoms. The Kier molecular flexibility index (Phi) is 5.93. The van der Waals surface area contributed by atoms with Crippen LogP contribution in [0, 0.1) is 47.7 Å². The molecule has 0 amide bonds. The first-order valence-electron chi connectivity index (χ1n) is 13.2. The topological polar surface area (TPSA) is 82.1 Å². The molecule has 5 aromatic rings. The molecule has 0 N–H and O–H groups in total. The standard InChI is InChI=1S/C36H14F2N6/c1-41-31(17-39)35-27-11-19(21-7-9-43-33(37)13-21)3-5-23(27)25-16-30-26(15-29(25)35)24-6-4-20(22-8-10-44-34(38)14-22)12-28(24)36(30)32(18-40)42-2/h3-16H. The molecule has 2 heterocycles.